The van der Waals surface area contributed by atoms with E-state index in [2.05, 4.69) is 22.9 Å². The number of rotatable bonds is 1. The van der Waals surface area contributed by atoms with E-state index in [1.54, 1.807) is 0 Å². The molecule has 0 aromatic rings. The van der Waals surface area contributed by atoms with Crippen molar-refractivity contribution in [1.82, 2.24) is 0 Å². The van der Waals surface area contributed by atoms with Crippen molar-refractivity contribution in [3.8, 4) is 0 Å². The van der Waals surface area contributed by atoms with Crippen LogP contribution in [-0.4, -0.2) is 9.73 Å². The average molecular weight is 247 g/mol. The van der Waals surface area contributed by atoms with Crippen molar-refractivity contribution in [2.45, 2.75) is 13.3 Å². The second-order valence-corrected chi connectivity index (χ2v) is 3.89. The first-order valence-electron chi connectivity index (χ1n) is 3.32. The first kappa shape index (κ1) is 9.23. The molecule has 0 fully saturated rings. The molecule has 1 aliphatic carbocycles. The molecule has 58 valence electrons. The predicted molar refractivity (Wildman–Crippen MR) is 60.6 cm³/mol. The molecule has 0 aromatic heterocycles. The van der Waals surface area contributed by atoms with E-state index in [0.717, 1.165) is 26.2 Å². The van der Waals surface area contributed by atoms with Gasteiger partial charge in [0.15, 0.2) is 0 Å². The predicted octanol–water partition coefficient (Wildman–Crippen LogP) is 3.36. The molecule has 0 aromatic carbocycles. The summed E-state index contributed by atoms with van der Waals surface area (Å²) in [6.45, 7) is 2.08. The molecule has 0 N–H and O–H groups in total. The molecular weight excluding hydrogens is 240 g/mol. The van der Waals surface area contributed by atoms with Crippen LogP contribution in [0.3, 0.4) is 0 Å². The normalized spacial score (nSPS) is 18.0. The van der Waals surface area contributed by atoms with Crippen LogP contribution in [0.5, 0.6) is 0 Å². The number of allylic oxidation sites excluding steroid dienone is 4. The van der Waals surface area contributed by atoms with E-state index < -0.39 is 0 Å². The van der Waals surface area contributed by atoms with Crippen LogP contribution >= 0.6 is 40.4 Å². The van der Waals surface area contributed by atoms with Crippen LogP contribution in [0.4, 0.5) is 0 Å². The Hall–Kier alpha value is 0.140. The number of thiocarbonyl (C=S) groups is 2. The summed E-state index contributed by atoms with van der Waals surface area (Å²) in [5.41, 5.74) is 1.16. The third-order valence-electron chi connectivity index (χ3n) is 1.53. The Balaban J connectivity index is 3.03. The highest BCUT2D eigenvalue weighted by Crippen LogP contribution is 2.20. The maximum absolute atomic E-state index is 5.15. The van der Waals surface area contributed by atoms with Crippen molar-refractivity contribution in [3.05, 3.63) is 22.2 Å². The molecule has 1 rings (SSSR count). The van der Waals surface area contributed by atoms with Gasteiger partial charge in [0.2, 0.25) is 0 Å². The first-order chi connectivity index (χ1) is 5.16. The van der Waals surface area contributed by atoms with E-state index >= 15 is 0 Å². The van der Waals surface area contributed by atoms with E-state index in [1.165, 1.54) is 0 Å². The summed E-state index contributed by atoms with van der Waals surface area (Å²) >= 11 is 13.6. The van der Waals surface area contributed by atoms with Gasteiger partial charge in [-0.3, -0.25) is 0 Å². The van der Waals surface area contributed by atoms with Crippen molar-refractivity contribution in [2.24, 2.45) is 0 Å². The fourth-order valence-corrected chi connectivity index (χ4v) is 1.84. The molecular formula is C8H7BrS2. The second kappa shape index (κ2) is 3.70. The molecule has 0 amide bonds. The van der Waals surface area contributed by atoms with Crippen molar-refractivity contribution >= 4 is 50.1 Å². The van der Waals surface area contributed by atoms with Gasteiger partial charge in [-0.2, -0.15) is 0 Å². The highest BCUT2D eigenvalue weighted by Gasteiger charge is 2.14. The van der Waals surface area contributed by atoms with Gasteiger partial charge in [-0.1, -0.05) is 37.4 Å². The van der Waals surface area contributed by atoms with Crippen LogP contribution in [0.25, 0.3) is 0 Å². The second-order valence-electron chi connectivity index (χ2n) is 2.22. The summed E-state index contributed by atoms with van der Waals surface area (Å²) in [6, 6.07) is 0. The summed E-state index contributed by atoms with van der Waals surface area (Å²) in [4.78, 5) is 1.58. The zero-order chi connectivity index (χ0) is 8.43. The lowest BCUT2D eigenvalue weighted by atomic mass is 10.0. The summed E-state index contributed by atoms with van der Waals surface area (Å²) in [6.07, 6.45) is 4.93. The smallest absolute Gasteiger partial charge is 0.0702 e. The molecule has 0 aliphatic heterocycles. The van der Waals surface area contributed by atoms with Gasteiger partial charge in [0.1, 0.15) is 0 Å². The Kier molecular flexibility index (Phi) is 3.10. The molecule has 0 saturated heterocycles. The maximum Gasteiger partial charge on any atom is 0.0702 e. The quantitative estimate of drug-likeness (QED) is 0.652. The lowest BCUT2D eigenvalue weighted by Gasteiger charge is -2.11. The third-order valence-corrected chi connectivity index (χ3v) is 3.47. The standard InChI is InChI=1S/C8H7BrS2/c1-2-5-3-4-6(9)8(11)7(5)10/h3-4H,2H2,1H3. The van der Waals surface area contributed by atoms with Crippen LogP contribution in [-0.2, 0) is 0 Å². The van der Waals surface area contributed by atoms with Crippen molar-refractivity contribution in [2.75, 3.05) is 0 Å². The van der Waals surface area contributed by atoms with Gasteiger partial charge in [-0.05, 0) is 34.0 Å². The van der Waals surface area contributed by atoms with Crippen LogP contribution < -0.4 is 0 Å². The molecule has 0 unspecified atom stereocenters. The average Bonchev–Trinajstić information content (AvgIpc) is 2.01. The molecule has 0 atom stereocenters. The Bertz CT molecular complexity index is 274. The third kappa shape index (κ3) is 1.83. The van der Waals surface area contributed by atoms with Gasteiger partial charge in [0, 0.05) is 4.48 Å². The largest absolute Gasteiger partial charge is 0.0782 e. The van der Waals surface area contributed by atoms with Crippen LogP contribution in [0.1, 0.15) is 13.3 Å². The lowest BCUT2D eigenvalue weighted by Crippen LogP contribution is -2.14. The molecule has 0 nitrogen and oxygen atoms in total. The van der Waals surface area contributed by atoms with Gasteiger partial charge in [-0.25, -0.2) is 0 Å². The molecule has 1 aliphatic rings. The fraction of sp³-hybridized carbons (Fsp3) is 0.250. The Morgan fingerprint density at radius 3 is 2.45 bits per heavy atom. The van der Waals surface area contributed by atoms with E-state index in [0.29, 0.717) is 0 Å². The van der Waals surface area contributed by atoms with E-state index in [-0.39, 0.29) is 0 Å². The molecule has 11 heavy (non-hydrogen) atoms. The maximum atomic E-state index is 5.15. The van der Waals surface area contributed by atoms with Crippen molar-refractivity contribution in [1.29, 1.82) is 0 Å². The Morgan fingerprint density at radius 2 is 1.91 bits per heavy atom. The lowest BCUT2D eigenvalue weighted by molar-refractivity contribution is 1.18. The first-order valence-corrected chi connectivity index (χ1v) is 4.93. The highest BCUT2D eigenvalue weighted by atomic mass is 79.9. The summed E-state index contributed by atoms with van der Waals surface area (Å²) in [5, 5.41) is 0. The minimum Gasteiger partial charge on any atom is -0.0782 e. The van der Waals surface area contributed by atoms with Gasteiger partial charge < -0.3 is 0 Å². The highest BCUT2D eigenvalue weighted by molar-refractivity contribution is 9.12. The van der Waals surface area contributed by atoms with Crippen molar-refractivity contribution in [3.63, 3.8) is 0 Å². The monoisotopic (exact) mass is 246 g/mol. The van der Waals surface area contributed by atoms with E-state index in [1.807, 2.05) is 12.2 Å². The van der Waals surface area contributed by atoms with Crippen molar-refractivity contribution < 1.29 is 0 Å². The molecule has 3 heteroatoms. The van der Waals surface area contributed by atoms with Crippen LogP contribution in [0, 0.1) is 0 Å². The zero-order valence-corrected chi connectivity index (χ0v) is 9.28. The van der Waals surface area contributed by atoms with E-state index in [9.17, 15) is 0 Å². The number of hydrogen-bond acceptors (Lipinski definition) is 2. The minimum absolute atomic E-state index is 0.763. The van der Waals surface area contributed by atoms with Gasteiger partial charge >= 0.3 is 0 Å². The van der Waals surface area contributed by atoms with E-state index in [4.69, 9.17) is 24.4 Å². The number of halogens is 1. The molecule has 0 saturated carbocycles. The van der Waals surface area contributed by atoms with Gasteiger partial charge in [0.25, 0.3) is 0 Å². The van der Waals surface area contributed by atoms with Crippen LogP contribution in [0.15, 0.2) is 22.2 Å². The molecule has 0 radical (unpaired) electrons. The number of hydrogen-bond donors (Lipinski definition) is 0. The Morgan fingerprint density at radius 1 is 1.27 bits per heavy atom. The van der Waals surface area contributed by atoms with Crippen LogP contribution in [0.2, 0.25) is 0 Å². The Labute approximate surface area is 85.5 Å². The summed E-state index contributed by atoms with van der Waals surface area (Å²) < 4.78 is 0.926. The topological polar surface area (TPSA) is 0 Å². The van der Waals surface area contributed by atoms with Gasteiger partial charge in [-0.15, -0.1) is 0 Å². The fourth-order valence-electron chi connectivity index (χ4n) is 0.858. The zero-order valence-electron chi connectivity index (χ0n) is 6.06. The molecule has 0 spiro atoms. The summed E-state index contributed by atoms with van der Waals surface area (Å²) in [7, 11) is 0. The molecule has 0 heterocycles. The van der Waals surface area contributed by atoms with Gasteiger partial charge in [0.05, 0.1) is 9.73 Å². The summed E-state index contributed by atoms with van der Waals surface area (Å²) in [5.74, 6) is 0. The SMILES string of the molecule is CCC1=CC=C(Br)C(=S)C1=S. The molecule has 0 bridgehead atoms. The minimum atomic E-state index is 0.763.